The third-order valence-corrected chi connectivity index (χ3v) is 2.33. The Morgan fingerprint density at radius 3 is 2.73 bits per heavy atom. The normalized spacial score (nSPS) is 13.4. The third-order valence-electron chi connectivity index (χ3n) is 2.05. The molecule has 0 unspecified atom stereocenters. The molecule has 0 heterocycles. The lowest BCUT2D eigenvalue weighted by Gasteiger charge is -2.02. The summed E-state index contributed by atoms with van der Waals surface area (Å²) in [5.41, 5.74) is 7.06. The molecule has 2 N–H and O–H groups in total. The first-order valence-electron chi connectivity index (χ1n) is 4.88. The van der Waals surface area contributed by atoms with Crippen molar-refractivity contribution in [3.05, 3.63) is 40.2 Å². The highest BCUT2D eigenvalue weighted by Gasteiger charge is 2.03. The zero-order valence-corrected chi connectivity index (χ0v) is 9.68. The van der Waals surface area contributed by atoms with E-state index >= 15 is 0 Å². The zero-order valence-electron chi connectivity index (χ0n) is 8.93. The van der Waals surface area contributed by atoms with Crippen LogP contribution in [0, 0.1) is 12.7 Å². The maximum Gasteiger partial charge on any atom is 0.144 e. The molecule has 1 aromatic carbocycles. The van der Waals surface area contributed by atoms with E-state index in [0.717, 1.165) is 12.0 Å². The molecule has 0 bridgehead atoms. The van der Waals surface area contributed by atoms with Crippen LogP contribution in [0.1, 0.15) is 24.5 Å². The highest BCUT2D eigenvalue weighted by Crippen LogP contribution is 2.21. The summed E-state index contributed by atoms with van der Waals surface area (Å²) in [6.45, 7) is 3.64. The fourth-order valence-corrected chi connectivity index (χ4v) is 1.54. The van der Waals surface area contributed by atoms with Crippen molar-refractivity contribution in [3.8, 4) is 0 Å². The van der Waals surface area contributed by atoms with Crippen molar-refractivity contribution in [1.29, 1.82) is 0 Å². The Morgan fingerprint density at radius 2 is 2.20 bits per heavy atom. The van der Waals surface area contributed by atoms with Crippen LogP contribution in [0.25, 0.3) is 6.08 Å². The van der Waals surface area contributed by atoms with Gasteiger partial charge in [-0.1, -0.05) is 23.8 Å². The monoisotopic (exact) mass is 227 g/mol. The van der Waals surface area contributed by atoms with Gasteiger partial charge in [-0.05, 0) is 43.5 Å². The molecule has 0 aliphatic rings. The summed E-state index contributed by atoms with van der Waals surface area (Å²) in [5.74, 6) is -0.346. The van der Waals surface area contributed by atoms with Gasteiger partial charge >= 0.3 is 0 Å². The van der Waals surface area contributed by atoms with E-state index < -0.39 is 0 Å². The second kappa shape index (κ2) is 5.29. The summed E-state index contributed by atoms with van der Waals surface area (Å²) >= 11 is 5.73. The van der Waals surface area contributed by atoms with Crippen molar-refractivity contribution in [2.24, 2.45) is 5.73 Å². The van der Waals surface area contributed by atoms with Gasteiger partial charge in [-0.2, -0.15) is 0 Å². The van der Waals surface area contributed by atoms with Gasteiger partial charge in [-0.15, -0.1) is 0 Å². The summed E-state index contributed by atoms with van der Waals surface area (Å²) in [5, 5.41) is 0.162. The average Bonchev–Trinajstić information content (AvgIpc) is 2.13. The Morgan fingerprint density at radius 1 is 1.53 bits per heavy atom. The first-order valence-corrected chi connectivity index (χ1v) is 5.26. The highest BCUT2D eigenvalue weighted by molar-refractivity contribution is 6.30. The summed E-state index contributed by atoms with van der Waals surface area (Å²) < 4.78 is 13.2. The fraction of sp³-hybridized carbons (Fsp3) is 0.333. The van der Waals surface area contributed by atoms with Crippen LogP contribution in [0.2, 0.25) is 5.02 Å². The molecule has 0 saturated carbocycles. The Hall–Kier alpha value is -0.860. The lowest BCUT2D eigenvalue weighted by atomic mass is 10.1. The van der Waals surface area contributed by atoms with E-state index in [9.17, 15) is 4.39 Å². The maximum absolute atomic E-state index is 13.2. The second-order valence-corrected chi connectivity index (χ2v) is 4.16. The van der Waals surface area contributed by atoms with E-state index in [2.05, 4.69) is 0 Å². The van der Waals surface area contributed by atoms with E-state index in [0.29, 0.717) is 5.56 Å². The van der Waals surface area contributed by atoms with Crippen LogP contribution in [-0.2, 0) is 0 Å². The minimum atomic E-state index is -0.346. The van der Waals surface area contributed by atoms with Gasteiger partial charge in [0, 0.05) is 6.04 Å². The van der Waals surface area contributed by atoms with Crippen molar-refractivity contribution in [1.82, 2.24) is 0 Å². The lowest BCUT2D eigenvalue weighted by molar-refractivity contribution is 0.619. The van der Waals surface area contributed by atoms with Crippen molar-refractivity contribution in [2.45, 2.75) is 26.3 Å². The third kappa shape index (κ3) is 3.65. The first-order chi connectivity index (χ1) is 7.00. The van der Waals surface area contributed by atoms with E-state index in [4.69, 9.17) is 17.3 Å². The number of aryl methyl sites for hydroxylation is 1. The number of nitrogens with two attached hydrogens (primary N) is 1. The first kappa shape index (κ1) is 12.2. The van der Waals surface area contributed by atoms with Gasteiger partial charge in [-0.25, -0.2) is 4.39 Å². The molecular formula is C12H15ClFN. The van der Waals surface area contributed by atoms with Gasteiger partial charge in [0.25, 0.3) is 0 Å². The molecule has 15 heavy (non-hydrogen) atoms. The van der Waals surface area contributed by atoms with Gasteiger partial charge in [0.05, 0.1) is 5.02 Å². The van der Waals surface area contributed by atoms with Crippen LogP contribution < -0.4 is 5.73 Å². The molecule has 0 aliphatic heterocycles. The molecule has 0 amide bonds. The van der Waals surface area contributed by atoms with Crippen molar-refractivity contribution in [3.63, 3.8) is 0 Å². The van der Waals surface area contributed by atoms with Crippen LogP contribution in [0.5, 0.6) is 0 Å². The molecule has 1 rings (SSSR count). The smallest absolute Gasteiger partial charge is 0.144 e. The number of halogens is 2. The Labute approximate surface area is 94.7 Å². The quantitative estimate of drug-likeness (QED) is 0.840. The molecular weight excluding hydrogens is 213 g/mol. The molecule has 1 atom stereocenters. The Bertz CT molecular complexity index is 349. The molecule has 0 spiro atoms. The highest BCUT2D eigenvalue weighted by atomic mass is 35.5. The minimum Gasteiger partial charge on any atom is -0.328 e. The van der Waals surface area contributed by atoms with Crippen LogP contribution in [-0.4, -0.2) is 6.04 Å². The minimum absolute atomic E-state index is 0.137. The maximum atomic E-state index is 13.2. The summed E-state index contributed by atoms with van der Waals surface area (Å²) in [6, 6.07) is 3.51. The number of benzene rings is 1. The number of rotatable bonds is 3. The molecule has 0 saturated heterocycles. The van der Waals surface area contributed by atoms with Gasteiger partial charge in [0.2, 0.25) is 0 Å². The van der Waals surface area contributed by atoms with Crippen LogP contribution in [0.15, 0.2) is 18.2 Å². The predicted octanol–water partition coefficient (Wildman–Crippen LogP) is 3.54. The standard InChI is InChI=1S/C12H15ClFN/c1-8-6-10(5-3-4-9(2)15)7-11(13)12(8)14/h3,5-7,9H,4,15H2,1-2H3/b5-3+/t9-/m0/s1. The van der Waals surface area contributed by atoms with Crippen LogP contribution in [0.4, 0.5) is 4.39 Å². The van der Waals surface area contributed by atoms with Gasteiger partial charge in [0.15, 0.2) is 0 Å². The van der Waals surface area contributed by atoms with Gasteiger partial charge in [0.1, 0.15) is 5.82 Å². The van der Waals surface area contributed by atoms with E-state index in [1.54, 1.807) is 19.1 Å². The van der Waals surface area contributed by atoms with Crippen molar-refractivity contribution >= 4 is 17.7 Å². The Balaban J connectivity index is 2.83. The molecule has 0 fully saturated rings. The molecule has 1 nitrogen and oxygen atoms in total. The number of hydrogen-bond acceptors (Lipinski definition) is 1. The number of hydrogen-bond donors (Lipinski definition) is 1. The van der Waals surface area contributed by atoms with Crippen LogP contribution in [0.3, 0.4) is 0 Å². The SMILES string of the molecule is Cc1cc(/C=C/C[C@H](C)N)cc(Cl)c1F. The molecule has 0 aliphatic carbocycles. The molecule has 0 radical (unpaired) electrons. The Kier molecular flexibility index (Phi) is 4.30. The van der Waals surface area contributed by atoms with Gasteiger partial charge in [-0.3, -0.25) is 0 Å². The fourth-order valence-electron chi connectivity index (χ4n) is 1.27. The van der Waals surface area contributed by atoms with Crippen LogP contribution >= 0.6 is 11.6 Å². The summed E-state index contributed by atoms with van der Waals surface area (Å²) in [7, 11) is 0. The van der Waals surface area contributed by atoms with Gasteiger partial charge < -0.3 is 5.73 Å². The second-order valence-electron chi connectivity index (χ2n) is 3.75. The molecule has 3 heteroatoms. The topological polar surface area (TPSA) is 26.0 Å². The lowest BCUT2D eigenvalue weighted by Crippen LogP contribution is -2.12. The van der Waals surface area contributed by atoms with E-state index in [-0.39, 0.29) is 16.9 Å². The van der Waals surface area contributed by atoms with Crippen molar-refractivity contribution in [2.75, 3.05) is 0 Å². The zero-order chi connectivity index (χ0) is 11.4. The largest absolute Gasteiger partial charge is 0.328 e. The summed E-state index contributed by atoms with van der Waals surface area (Å²) in [6.07, 6.45) is 4.67. The van der Waals surface area contributed by atoms with Crippen molar-refractivity contribution < 1.29 is 4.39 Å². The van der Waals surface area contributed by atoms with E-state index in [1.165, 1.54) is 0 Å². The van der Waals surface area contributed by atoms with E-state index in [1.807, 2.05) is 19.1 Å². The summed E-state index contributed by atoms with van der Waals surface area (Å²) in [4.78, 5) is 0. The molecule has 0 aromatic heterocycles. The average molecular weight is 228 g/mol. The molecule has 1 aromatic rings. The predicted molar refractivity (Wildman–Crippen MR) is 63.4 cm³/mol. The molecule has 82 valence electrons.